The van der Waals surface area contributed by atoms with Gasteiger partial charge in [0.2, 0.25) is 0 Å². The van der Waals surface area contributed by atoms with Gasteiger partial charge in [0.1, 0.15) is 17.2 Å². The van der Waals surface area contributed by atoms with E-state index in [1.807, 2.05) is 87.5 Å². The van der Waals surface area contributed by atoms with E-state index in [1.165, 1.54) is 0 Å². The summed E-state index contributed by atoms with van der Waals surface area (Å²) >= 11 is 0. The van der Waals surface area contributed by atoms with Crippen LogP contribution in [0.4, 0.5) is 0 Å². The quantitative estimate of drug-likeness (QED) is 0.306. The van der Waals surface area contributed by atoms with Crippen LogP contribution in [0.1, 0.15) is 16.7 Å². The minimum atomic E-state index is -4.04. The van der Waals surface area contributed by atoms with Gasteiger partial charge < -0.3 is 13.6 Å². The highest BCUT2D eigenvalue weighted by Crippen LogP contribution is 2.51. The standard InChI is InChI=1S/C25H23O4P/c1-18-8-6-13-23(16-18)27-30(26,29-25-19(2)9-7-10-20(25)3)28-24-15-14-21-11-4-5-12-22(21)17-24/h4-17H,1-3H3. The number of para-hydroxylation sites is 1. The van der Waals surface area contributed by atoms with Gasteiger partial charge in [-0.2, -0.15) is 4.57 Å². The molecule has 0 radical (unpaired) electrons. The van der Waals surface area contributed by atoms with Gasteiger partial charge >= 0.3 is 7.82 Å². The van der Waals surface area contributed by atoms with Crippen molar-refractivity contribution in [1.82, 2.24) is 0 Å². The SMILES string of the molecule is Cc1cccc(OP(=O)(Oc2ccc3ccccc3c2)Oc2c(C)cccc2C)c1. The molecule has 0 saturated carbocycles. The summed E-state index contributed by atoms with van der Waals surface area (Å²) in [6.07, 6.45) is 0. The molecule has 0 N–H and O–H groups in total. The van der Waals surface area contributed by atoms with E-state index < -0.39 is 7.82 Å². The topological polar surface area (TPSA) is 44.8 Å². The van der Waals surface area contributed by atoms with Gasteiger partial charge in [0.05, 0.1) is 0 Å². The van der Waals surface area contributed by atoms with Crippen LogP contribution < -0.4 is 13.6 Å². The number of phosphoric acid groups is 1. The Balaban J connectivity index is 1.72. The molecule has 4 rings (SSSR count). The third-order valence-electron chi connectivity index (χ3n) is 4.76. The summed E-state index contributed by atoms with van der Waals surface area (Å²) in [4.78, 5) is 0. The van der Waals surface area contributed by atoms with E-state index in [0.717, 1.165) is 27.5 Å². The van der Waals surface area contributed by atoms with Crippen LogP contribution in [-0.4, -0.2) is 0 Å². The Kier molecular flexibility index (Phi) is 5.52. The molecule has 1 unspecified atom stereocenters. The lowest BCUT2D eigenvalue weighted by atomic mass is 10.1. The lowest BCUT2D eigenvalue weighted by molar-refractivity contribution is 0.297. The molecule has 1 atom stereocenters. The molecule has 0 aliphatic rings. The van der Waals surface area contributed by atoms with E-state index in [1.54, 1.807) is 18.2 Å². The number of hydrogen-bond donors (Lipinski definition) is 0. The average Bonchev–Trinajstić information content (AvgIpc) is 2.71. The Labute approximate surface area is 176 Å². The first-order chi connectivity index (χ1) is 14.4. The van der Waals surface area contributed by atoms with Crippen molar-refractivity contribution in [3.63, 3.8) is 0 Å². The van der Waals surface area contributed by atoms with Crippen molar-refractivity contribution in [2.75, 3.05) is 0 Å². The summed E-state index contributed by atoms with van der Waals surface area (Å²) in [5.74, 6) is 1.33. The van der Waals surface area contributed by atoms with Crippen LogP contribution in [0.2, 0.25) is 0 Å². The van der Waals surface area contributed by atoms with Crippen molar-refractivity contribution in [1.29, 1.82) is 0 Å². The number of aryl methyl sites for hydroxylation is 3. The van der Waals surface area contributed by atoms with Gasteiger partial charge in [-0.3, -0.25) is 0 Å². The molecule has 30 heavy (non-hydrogen) atoms. The van der Waals surface area contributed by atoms with Crippen LogP contribution in [0.3, 0.4) is 0 Å². The Morgan fingerprint density at radius 2 is 1.23 bits per heavy atom. The summed E-state index contributed by atoms with van der Waals surface area (Å²) in [6.45, 7) is 5.74. The predicted molar refractivity (Wildman–Crippen MR) is 121 cm³/mol. The second-order valence-electron chi connectivity index (χ2n) is 7.27. The molecule has 0 spiro atoms. The number of benzene rings is 4. The minimum absolute atomic E-state index is 0.413. The second-order valence-corrected chi connectivity index (χ2v) is 8.71. The first kappa shape index (κ1) is 20.1. The van der Waals surface area contributed by atoms with Crippen molar-refractivity contribution in [3.05, 3.63) is 102 Å². The summed E-state index contributed by atoms with van der Waals surface area (Å²) < 4.78 is 31.4. The van der Waals surface area contributed by atoms with Crippen LogP contribution in [0, 0.1) is 20.8 Å². The summed E-state index contributed by atoms with van der Waals surface area (Å²) in [6, 6.07) is 26.4. The van der Waals surface area contributed by atoms with Crippen LogP contribution >= 0.6 is 7.82 Å². The smallest absolute Gasteiger partial charge is 0.386 e. The van der Waals surface area contributed by atoms with E-state index >= 15 is 0 Å². The van der Waals surface area contributed by atoms with Gasteiger partial charge in [-0.05, 0) is 72.5 Å². The van der Waals surface area contributed by atoms with Gasteiger partial charge in [-0.15, -0.1) is 0 Å². The van der Waals surface area contributed by atoms with Crippen LogP contribution in [-0.2, 0) is 4.57 Å². The van der Waals surface area contributed by atoms with Gasteiger partial charge in [0, 0.05) is 0 Å². The van der Waals surface area contributed by atoms with Crippen molar-refractivity contribution < 1.29 is 18.1 Å². The maximum atomic E-state index is 13.8. The molecule has 4 aromatic carbocycles. The van der Waals surface area contributed by atoms with Gasteiger partial charge in [-0.25, -0.2) is 0 Å². The predicted octanol–water partition coefficient (Wildman–Crippen LogP) is 7.41. The Morgan fingerprint density at radius 3 is 1.93 bits per heavy atom. The fourth-order valence-corrected chi connectivity index (χ4v) is 4.63. The molecule has 5 heteroatoms. The van der Waals surface area contributed by atoms with Crippen LogP contribution in [0.15, 0.2) is 84.9 Å². The normalized spacial score (nSPS) is 12.9. The first-order valence-corrected chi connectivity index (χ1v) is 11.2. The molecular weight excluding hydrogens is 395 g/mol. The highest BCUT2D eigenvalue weighted by molar-refractivity contribution is 7.49. The maximum absolute atomic E-state index is 13.8. The number of phosphoric ester groups is 1. The minimum Gasteiger partial charge on any atom is -0.386 e. The second kappa shape index (κ2) is 8.25. The molecule has 152 valence electrons. The van der Waals surface area contributed by atoms with Gasteiger partial charge in [0.15, 0.2) is 0 Å². The number of fused-ring (bicyclic) bond motifs is 1. The zero-order chi connectivity index (χ0) is 21.1. The Hall–Kier alpha value is -3.23. The van der Waals surface area contributed by atoms with Crippen LogP contribution in [0.5, 0.6) is 17.2 Å². The summed E-state index contributed by atoms with van der Waals surface area (Å²) in [5.41, 5.74) is 2.69. The zero-order valence-electron chi connectivity index (χ0n) is 17.2. The number of rotatable bonds is 6. The van der Waals surface area contributed by atoms with Gasteiger partial charge in [-0.1, -0.05) is 60.7 Å². The van der Waals surface area contributed by atoms with Crippen molar-refractivity contribution in [3.8, 4) is 17.2 Å². The van der Waals surface area contributed by atoms with Crippen LogP contribution in [0.25, 0.3) is 10.8 Å². The first-order valence-electron chi connectivity index (χ1n) is 9.72. The fraction of sp³-hybridized carbons (Fsp3) is 0.120. The van der Waals surface area contributed by atoms with Crippen molar-refractivity contribution in [2.45, 2.75) is 20.8 Å². The molecule has 0 aliphatic carbocycles. The summed E-state index contributed by atoms with van der Waals surface area (Å²) in [5, 5.41) is 2.04. The lowest BCUT2D eigenvalue weighted by Crippen LogP contribution is -2.09. The molecule has 0 aromatic heterocycles. The van der Waals surface area contributed by atoms with E-state index in [0.29, 0.717) is 17.2 Å². The van der Waals surface area contributed by atoms with E-state index in [9.17, 15) is 4.57 Å². The third kappa shape index (κ3) is 4.50. The van der Waals surface area contributed by atoms with E-state index in [-0.39, 0.29) is 0 Å². The molecule has 4 aromatic rings. The van der Waals surface area contributed by atoms with Crippen molar-refractivity contribution in [2.24, 2.45) is 0 Å². The summed E-state index contributed by atoms with van der Waals surface area (Å²) in [7, 11) is -4.04. The van der Waals surface area contributed by atoms with Crippen molar-refractivity contribution >= 4 is 18.6 Å². The lowest BCUT2D eigenvalue weighted by Gasteiger charge is -2.21. The highest BCUT2D eigenvalue weighted by Gasteiger charge is 2.34. The maximum Gasteiger partial charge on any atom is 0.647 e. The molecule has 4 nitrogen and oxygen atoms in total. The van der Waals surface area contributed by atoms with E-state index in [2.05, 4.69) is 0 Å². The molecular formula is C25H23O4P. The molecule has 0 fully saturated rings. The third-order valence-corrected chi connectivity index (χ3v) is 6.03. The monoisotopic (exact) mass is 418 g/mol. The number of hydrogen-bond acceptors (Lipinski definition) is 4. The molecule has 0 amide bonds. The molecule has 0 heterocycles. The van der Waals surface area contributed by atoms with E-state index in [4.69, 9.17) is 13.6 Å². The molecule has 0 saturated heterocycles. The molecule has 0 aliphatic heterocycles. The Morgan fingerprint density at radius 1 is 0.600 bits per heavy atom. The largest absolute Gasteiger partial charge is 0.647 e. The van der Waals surface area contributed by atoms with Gasteiger partial charge in [0.25, 0.3) is 0 Å². The Bertz CT molecular complexity index is 1230. The average molecular weight is 418 g/mol. The molecule has 0 bridgehead atoms. The fourth-order valence-electron chi connectivity index (χ4n) is 3.27. The highest BCUT2D eigenvalue weighted by atomic mass is 31.2. The zero-order valence-corrected chi connectivity index (χ0v) is 18.1.